The molecule has 170 valence electrons. The van der Waals surface area contributed by atoms with Crippen LogP contribution in [0.3, 0.4) is 0 Å². The minimum atomic E-state index is -0.255. The van der Waals surface area contributed by atoms with Crippen LogP contribution in [0.25, 0.3) is 0 Å². The molecule has 7 nitrogen and oxygen atoms in total. The van der Waals surface area contributed by atoms with E-state index in [1.165, 1.54) is 0 Å². The van der Waals surface area contributed by atoms with Crippen LogP contribution in [0, 0.1) is 0 Å². The van der Waals surface area contributed by atoms with Crippen LogP contribution in [-0.2, 0) is 11.4 Å². The molecule has 0 aliphatic heterocycles. The fourth-order valence-electron chi connectivity index (χ4n) is 3.19. The first-order chi connectivity index (χ1) is 15.5. The summed E-state index contributed by atoms with van der Waals surface area (Å²) in [7, 11) is 0. The fraction of sp³-hybridized carbons (Fsp3) is 0.360. The van der Waals surface area contributed by atoms with Crippen LogP contribution >= 0.6 is 0 Å². The Bertz CT molecular complexity index is 968. The van der Waals surface area contributed by atoms with Crippen molar-refractivity contribution in [1.82, 2.24) is 10.6 Å². The average molecular weight is 437 g/mol. The second-order valence-electron chi connectivity index (χ2n) is 7.86. The Morgan fingerprint density at radius 3 is 2.50 bits per heavy atom. The zero-order valence-corrected chi connectivity index (χ0v) is 18.7. The van der Waals surface area contributed by atoms with Gasteiger partial charge < -0.3 is 26.4 Å². The molecule has 0 radical (unpaired) electrons. The number of hydrogen-bond acceptors (Lipinski definition) is 5. The fourth-order valence-corrected chi connectivity index (χ4v) is 3.19. The van der Waals surface area contributed by atoms with Crippen molar-refractivity contribution in [2.75, 3.05) is 11.9 Å². The number of carbonyl (C=O) groups is 2. The minimum Gasteiger partial charge on any atom is -0.487 e. The summed E-state index contributed by atoms with van der Waals surface area (Å²) in [5.41, 5.74) is 9.19. The standard InChI is InChI=1S/C25H32N4O3/c1-3-8-21(23(26)25(31)28-19-12-13-19)29-20-14-11-18(24(30)27-4-2)15-22(20)32-16-17-9-6-5-7-10-17/h5-7,9-11,14-15,19,29H,3-4,8,12-13,16,26H2,1-2H3,(H,27,30)(H,28,31)/b23-21-. The molecule has 5 N–H and O–H groups in total. The molecule has 0 saturated heterocycles. The first-order valence-electron chi connectivity index (χ1n) is 11.2. The third-order valence-corrected chi connectivity index (χ3v) is 5.09. The van der Waals surface area contributed by atoms with Gasteiger partial charge in [0.1, 0.15) is 18.1 Å². The van der Waals surface area contributed by atoms with Gasteiger partial charge in [0.15, 0.2) is 0 Å². The lowest BCUT2D eigenvalue weighted by Crippen LogP contribution is -2.32. The van der Waals surface area contributed by atoms with Gasteiger partial charge in [-0.2, -0.15) is 0 Å². The number of carbonyl (C=O) groups excluding carboxylic acids is 2. The van der Waals surface area contributed by atoms with Gasteiger partial charge >= 0.3 is 0 Å². The number of nitrogens with one attached hydrogen (secondary N) is 3. The van der Waals surface area contributed by atoms with Gasteiger partial charge in [0, 0.05) is 23.8 Å². The maximum absolute atomic E-state index is 12.5. The summed E-state index contributed by atoms with van der Waals surface area (Å²) in [5, 5.41) is 9.03. The topological polar surface area (TPSA) is 105 Å². The lowest BCUT2D eigenvalue weighted by Gasteiger charge is -2.18. The number of ether oxygens (including phenoxy) is 1. The maximum Gasteiger partial charge on any atom is 0.269 e. The third-order valence-electron chi connectivity index (χ3n) is 5.09. The molecule has 0 bridgehead atoms. The van der Waals surface area contributed by atoms with Gasteiger partial charge in [-0.3, -0.25) is 9.59 Å². The van der Waals surface area contributed by atoms with E-state index in [1.807, 2.05) is 44.2 Å². The van der Waals surface area contributed by atoms with Crippen molar-refractivity contribution < 1.29 is 14.3 Å². The second-order valence-corrected chi connectivity index (χ2v) is 7.86. The van der Waals surface area contributed by atoms with Gasteiger partial charge in [-0.05, 0) is 49.9 Å². The highest BCUT2D eigenvalue weighted by Crippen LogP contribution is 2.29. The van der Waals surface area contributed by atoms with E-state index in [0.717, 1.165) is 24.8 Å². The summed E-state index contributed by atoms with van der Waals surface area (Å²) in [6.07, 6.45) is 3.42. The van der Waals surface area contributed by atoms with E-state index in [0.29, 0.717) is 42.3 Å². The van der Waals surface area contributed by atoms with Crippen LogP contribution in [0.1, 0.15) is 55.5 Å². The summed E-state index contributed by atoms with van der Waals surface area (Å²) in [4.78, 5) is 24.8. The average Bonchev–Trinajstić information content (AvgIpc) is 3.62. The quantitative estimate of drug-likeness (QED) is 0.402. The summed E-state index contributed by atoms with van der Waals surface area (Å²) >= 11 is 0. The number of benzene rings is 2. The Balaban J connectivity index is 1.87. The molecule has 1 aliphatic rings. The van der Waals surface area contributed by atoms with Crippen molar-refractivity contribution in [3.8, 4) is 5.75 Å². The van der Waals surface area contributed by atoms with E-state index in [4.69, 9.17) is 10.5 Å². The molecule has 32 heavy (non-hydrogen) atoms. The first-order valence-corrected chi connectivity index (χ1v) is 11.2. The molecule has 1 fully saturated rings. The summed E-state index contributed by atoms with van der Waals surface area (Å²) in [6.45, 7) is 4.78. The summed E-state index contributed by atoms with van der Waals surface area (Å²) < 4.78 is 6.08. The van der Waals surface area contributed by atoms with Gasteiger partial charge in [0.25, 0.3) is 11.8 Å². The smallest absolute Gasteiger partial charge is 0.269 e. The van der Waals surface area contributed by atoms with E-state index < -0.39 is 0 Å². The van der Waals surface area contributed by atoms with Gasteiger partial charge in [-0.1, -0.05) is 43.7 Å². The minimum absolute atomic E-state index is 0.170. The third kappa shape index (κ3) is 6.51. The molecule has 0 heterocycles. The normalized spacial score (nSPS) is 13.7. The first kappa shape index (κ1) is 23.2. The maximum atomic E-state index is 12.5. The zero-order valence-electron chi connectivity index (χ0n) is 18.7. The molecule has 0 spiro atoms. The lowest BCUT2D eigenvalue weighted by molar-refractivity contribution is -0.117. The highest BCUT2D eigenvalue weighted by atomic mass is 16.5. The van der Waals surface area contributed by atoms with Crippen LogP contribution in [0.2, 0.25) is 0 Å². The Morgan fingerprint density at radius 2 is 1.84 bits per heavy atom. The summed E-state index contributed by atoms with van der Waals surface area (Å²) in [5.74, 6) is 0.0898. The van der Waals surface area contributed by atoms with Gasteiger partial charge in [-0.25, -0.2) is 0 Å². The highest BCUT2D eigenvalue weighted by molar-refractivity contribution is 5.96. The van der Waals surface area contributed by atoms with Crippen molar-refractivity contribution in [2.24, 2.45) is 5.73 Å². The molecule has 2 aromatic carbocycles. The van der Waals surface area contributed by atoms with Crippen molar-refractivity contribution >= 4 is 17.5 Å². The Hall–Kier alpha value is -3.48. The Labute approximate surface area is 189 Å². The van der Waals surface area contributed by atoms with E-state index in [-0.39, 0.29) is 23.6 Å². The number of allylic oxidation sites excluding steroid dienone is 1. The predicted molar refractivity (Wildman–Crippen MR) is 126 cm³/mol. The molecule has 3 rings (SSSR count). The van der Waals surface area contributed by atoms with E-state index in [9.17, 15) is 9.59 Å². The number of hydrogen-bond donors (Lipinski definition) is 4. The number of nitrogens with two attached hydrogens (primary N) is 1. The molecule has 0 unspecified atom stereocenters. The molecule has 2 aromatic rings. The van der Waals surface area contributed by atoms with Crippen molar-refractivity contribution in [3.05, 3.63) is 71.1 Å². The van der Waals surface area contributed by atoms with Crippen LogP contribution in [0.5, 0.6) is 5.75 Å². The van der Waals surface area contributed by atoms with E-state index in [2.05, 4.69) is 16.0 Å². The van der Waals surface area contributed by atoms with Crippen LogP contribution < -0.4 is 26.4 Å². The van der Waals surface area contributed by atoms with Crippen LogP contribution in [-0.4, -0.2) is 24.4 Å². The van der Waals surface area contributed by atoms with Crippen molar-refractivity contribution in [1.29, 1.82) is 0 Å². The highest BCUT2D eigenvalue weighted by Gasteiger charge is 2.25. The Morgan fingerprint density at radius 1 is 1.09 bits per heavy atom. The second kappa shape index (κ2) is 11.2. The molecule has 1 aliphatic carbocycles. The zero-order chi connectivity index (χ0) is 22.9. The van der Waals surface area contributed by atoms with E-state index in [1.54, 1.807) is 18.2 Å². The molecule has 1 saturated carbocycles. The molecule has 7 heteroatoms. The molecule has 0 aromatic heterocycles. The molecular formula is C25H32N4O3. The molecular weight excluding hydrogens is 404 g/mol. The SMILES string of the molecule is CCC/C(Nc1ccc(C(=O)NCC)cc1OCc1ccccc1)=C(/N)C(=O)NC1CC1. The number of anilines is 1. The molecule has 0 atom stereocenters. The predicted octanol–water partition coefficient (Wildman–Crippen LogP) is 3.68. The largest absolute Gasteiger partial charge is 0.487 e. The molecule has 2 amide bonds. The van der Waals surface area contributed by atoms with Gasteiger partial charge in [-0.15, -0.1) is 0 Å². The van der Waals surface area contributed by atoms with Gasteiger partial charge in [0.05, 0.1) is 5.69 Å². The van der Waals surface area contributed by atoms with Crippen LogP contribution in [0.4, 0.5) is 5.69 Å². The van der Waals surface area contributed by atoms with Crippen molar-refractivity contribution in [2.45, 2.75) is 52.2 Å². The van der Waals surface area contributed by atoms with Gasteiger partial charge in [0.2, 0.25) is 0 Å². The Kier molecular flexibility index (Phi) is 8.14. The number of amides is 2. The monoisotopic (exact) mass is 436 g/mol. The number of rotatable bonds is 11. The van der Waals surface area contributed by atoms with E-state index >= 15 is 0 Å². The van der Waals surface area contributed by atoms with Crippen LogP contribution in [0.15, 0.2) is 59.9 Å². The van der Waals surface area contributed by atoms with Crippen molar-refractivity contribution in [3.63, 3.8) is 0 Å². The summed E-state index contributed by atoms with van der Waals surface area (Å²) in [6, 6.07) is 15.2. The lowest BCUT2D eigenvalue weighted by atomic mass is 10.1.